The van der Waals surface area contributed by atoms with E-state index in [1.165, 1.54) is 5.57 Å². The van der Waals surface area contributed by atoms with Crippen molar-refractivity contribution in [2.45, 2.75) is 20.3 Å². The Kier molecular flexibility index (Phi) is 7.86. The van der Waals surface area contributed by atoms with Crippen LogP contribution in [0, 0.1) is 0 Å². The molecule has 0 aliphatic rings. The van der Waals surface area contributed by atoms with E-state index in [1.807, 2.05) is 38.1 Å². The van der Waals surface area contributed by atoms with Gasteiger partial charge in [0, 0.05) is 11.6 Å². The first-order valence-corrected chi connectivity index (χ1v) is 9.27. The standard InChI is InChI=1S/C23H28N2O4/c1-15(2)5-9-19-17(12-18(26)13-21(19)28-3)8-6-16-7-10-20(22(11-16)29-4)25-23(27)14-24/h5-8,10-13,26H,9,14,24H2,1-4H3,(H,25,27)/b8-6+. The molecule has 2 aromatic carbocycles. The van der Waals surface area contributed by atoms with Crippen LogP contribution in [-0.4, -0.2) is 31.8 Å². The summed E-state index contributed by atoms with van der Waals surface area (Å²) >= 11 is 0. The number of ether oxygens (including phenoxy) is 2. The topological polar surface area (TPSA) is 93.8 Å². The zero-order valence-electron chi connectivity index (χ0n) is 17.3. The lowest BCUT2D eigenvalue weighted by Gasteiger charge is -2.12. The van der Waals surface area contributed by atoms with E-state index >= 15 is 0 Å². The molecule has 0 aromatic heterocycles. The molecule has 0 fully saturated rings. The molecule has 29 heavy (non-hydrogen) atoms. The van der Waals surface area contributed by atoms with Crippen molar-refractivity contribution >= 4 is 23.7 Å². The summed E-state index contributed by atoms with van der Waals surface area (Å²) in [4.78, 5) is 11.5. The molecule has 0 spiro atoms. The fourth-order valence-corrected chi connectivity index (χ4v) is 2.81. The molecule has 6 heteroatoms. The van der Waals surface area contributed by atoms with Gasteiger partial charge in [0.1, 0.15) is 17.2 Å². The third kappa shape index (κ3) is 6.12. The predicted molar refractivity (Wildman–Crippen MR) is 117 cm³/mol. The molecule has 154 valence electrons. The molecule has 2 rings (SSSR count). The normalized spacial score (nSPS) is 10.7. The van der Waals surface area contributed by atoms with Crippen molar-refractivity contribution < 1.29 is 19.4 Å². The van der Waals surface area contributed by atoms with Crippen molar-refractivity contribution in [1.29, 1.82) is 0 Å². The van der Waals surface area contributed by atoms with Crippen LogP contribution in [0.1, 0.15) is 30.5 Å². The number of phenols is 1. The molecule has 1 amide bonds. The number of allylic oxidation sites excluding steroid dienone is 2. The zero-order valence-corrected chi connectivity index (χ0v) is 17.3. The molecule has 0 radical (unpaired) electrons. The fraction of sp³-hybridized carbons (Fsp3) is 0.261. The molecule has 0 aliphatic heterocycles. The lowest BCUT2D eigenvalue weighted by atomic mass is 10.00. The lowest BCUT2D eigenvalue weighted by molar-refractivity contribution is -0.114. The van der Waals surface area contributed by atoms with E-state index in [9.17, 15) is 9.90 Å². The number of methoxy groups -OCH3 is 2. The summed E-state index contributed by atoms with van der Waals surface area (Å²) in [6, 6.07) is 8.77. The molecule has 0 saturated carbocycles. The Hall–Kier alpha value is -3.25. The van der Waals surface area contributed by atoms with Crippen molar-refractivity contribution in [2.75, 3.05) is 26.1 Å². The minimum atomic E-state index is -0.289. The Labute approximate surface area is 171 Å². The second-order valence-electron chi connectivity index (χ2n) is 6.75. The molecule has 2 aromatic rings. The highest BCUT2D eigenvalue weighted by Crippen LogP contribution is 2.31. The third-order valence-corrected chi connectivity index (χ3v) is 4.30. The van der Waals surface area contributed by atoms with E-state index < -0.39 is 0 Å². The summed E-state index contributed by atoms with van der Waals surface area (Å²) in [5, 5.41) is 12.8. The first kappa shape index (κ1) is 22.0. The predicted octanol–water partition coefficient (Wildman–Crippen LogP) is 3.99. The summed E-state index contributed by atoms with van der Waals surface area (Å²) < 4.78 is 10.8. The van der Waals surface area contributed by atoms with E-state index in [-0.39, 0.29) is 18.2 Å². The van der Waals surface area contributed by atoms with Crippen LogP contribution in [0.4, 0.5) is 5.69 Å². The number of hydrogen-bond donors (Lipinski definition) is 3. The van der Waals surface area contributed by atoms with Crippen molar-refractivity contribution in [2.24, 2.45) is 5.73 Å². The number of phenolic OH excluding ortho intramolecular Hbond substituents is 1. The SMILES string of the molecule is COc1cc(/C=C/c2cc(O)cc(OC)c2CC=C(C)C)ccc1NC(=O)CN. The van der Waals surface area contributed by atoms with Gasteiger partial charge in [0.15, 0.2) is 0 Å². The lowest BCUT2D eigenvalue weighted by Crippen LogP contribution is -2.22. The fourth-order valence-electron chi connectivity index (χ4n) is 2.81. The summed E-state index contributed by atoms with van der Waals surface area (Å²) in [7, 11) is 3.13. The van der Waals surface area contributed by atoms with Gasteiger partial charge < -0.3 is 25.6 Å². The average Bonchev–Trinajstić information content (AvgIpc) is 2.71. The largest absolute Gasteiger partial charge is 0.508 e. The molecular formula is C23H28N2O4. The molecule has 0 bridgehead atoms. The Morgan fingerprint density at radius 1 is 1.10 bits per heavy atom. The number of amides is 1. The number of carbonyl (C=O) groups excluding carboxylic acids is 1. The van der Waals surface area contributed by atoms with Crippen LogP contribution in [0.15, 0.2) is 42.0 Å². The van der Waals surface area contributed by atoms with Gasteiger partial charge >= 0.3 is 0 Å². The number of nitrogens with two attached hydrogens (primary N) is 1. The van der Waals surface area contributed by atoms with E-state index in [0.717, 1.165) is 16.7 Å². The van der Waals surface area contributed by atoms with Crippen LogP contribution in [-0.2, 0) is 11.2 Å². The highest BCUT2D eigenvalue weighted by atomic mass is 16.5. The minimum absolute atomic E-state index is 0.0986. The first-order valence-electron chi connectivity index (χ1n) is 9.27. The smallest absolute Gasteiger partial charge is 0.238 e. The van der Waals surface area contributed by atoms with Gasteiger partial charge in [0.25, 0.3) is 0 Å². The van der Waals surface area contributed by atoms with Crippen LogP contribution in [0.3, 0.4) is 0 Å². The Morgan fingerprint density at radius 3 is 2.45 bits per heavy atom. The van der Waals surface area contributed by atoms with Crippen molar-refractivity contribution in [1.82, 2.24) is 0 Å². The second kappa shape index (κ2) is 10.3. The highest BCUT2D eigenvalue weighted by molar-refractivity contribution is 5.93. The van der Waals surface area contributed by atoms with Crippen LogP contribution < -0.4 is 20.5 Å². The van der Waals surface area contributed by atoms with E-state index in [4.69, 9.17) is 15.2 Å². The third-order valence-electron chi connectivity index (χ3n) is 4.30. The highest BCUT2D eigenvalue weighted by Gasteiger charge is 2.10. The Bertz CT molecular complexity index is 929. The van der Waals surface area contributed by atoms with Gasteiger partial charge in [0.05, 0.1) is 26.5 Å². The Balaban J connectivity index is 2.39. The number of hydrogen-bond acceptors (Lipinski definition) is 5. The van der Waals surface area contributed by atoms with E-state index in [2.05, 4.69) is 11.4 Å². The van der Waals surface area contributed by atoms with Gasteiger partial charge in [-0.1, -0.05) is 29.9 Å². The van der Waals surface area contributed by atoms with Gasteiger partial charge in [-0.25, -0.2) is 0 Å². The summed E-state index contributed by atoms with van der Waals surface area (Å²) in [5.74, 6) is 1.02. The van der Waals surface area contributed by atoms with Gasteiger partial charge in [-0.2, -0.15) is 0 Å². The maximum absolute atomic E-state index is 11.5. The van der Waals surface area contributed by atoms with E-state index in [0.29, 0.717) is 23.6 Å². The van der Waals surface area contributed by atoms with Crippen molar-refractivity contribution in [3.8, 4) is 17.2 Å². The minimum Gasteiger partial charge on any atom is -0.508 e. The van der Waals surface area contributed by atoms with E-state index in [1.54, 1.807) is 32.4 Å². The van der Waals surface area contributed by atoms with Gasteiger partial charge in [-0.3, -0.25) is 4.79 Å². The molecular weight excluding hydrogens is 368 g/mol. The first-order chi connectivity index (χ1) is 13.9. The van der Waals surface area contributed by atoms with Gasteiger partial charge in [-0.15, -0.1) is 0 Å². The number of carbonyl (C=O) groups is 1. The Morgan fingerprint density at radius 2 is 1.83 bits per heavy atom. The van der Waals surface area contributed by atoms with Crippen molar-refractivity contribution in [3.05, 3.63) is 58.7 Å². The molecule has 0 heterocycles. The van der Waals surface area contributed by atoms with Gasteiger partial charge in [-0.05, 0) is 49.6 Å². The van der Waals surface area contributed by atoms with Crippen LogP contribution in [0.5, 0.6) is 17.2 Å². The van der Waals surface area contributed by atoms with Gasteiger partial charge in [0.2, 0.25) is 5.91 Å². The zero-order chi connectivity index (χ0) is 21.4. The second-order valence-corrected chi connectivity index (χ2v) is 6.75. The van der Waals surface area contributed by atoms with Crippen molar-refractivity contribution in [3.63, 3.8) is 0 Å². The molecule has 0 saturated heterocycles. The summed E-state index contributed by atoms with van der Waals surface area (Å²) in [5.41, 5.74) is 9.84. The molecule has 6 nitrogen and oxygen atoms in total. The molecule has 0 atom stereocenters. The summed E-state index contributed by atoms with van der Waals surface area (Å²) in [6.07, 6.45) is 6.64. The maximum atomic E-state index is 11.5. The maximum Gasteiger partial charge on any atom is 0.238 e. The monoisotopic (exact) mass is 396 g/mol. The quantitative estimate of drug-likeness (QED) is 0.463. The molecule has 0 unspecified atom stereocenters. The van der Waals surface area contributed by atoms with Crippen LogP contribution in [0.2, 0.25) is 0 Å². The molecule has 4 N–H and O–H groups in total. The van der Waals surface area contributed by atoms with Crippen LogP contribution in [0.25, 0.3) is 12.2 Å². The number of rotatable bonds is 8. The molecule has 0 aliphatic carbocycles. The summed E-state index contributed by atoms with van der Waals surface area (Å²) in [6.45, 7) is 3.98. The average molecular weight is 396 g/mol. The number of nitrogens with one attached hydrogen (secondary N) is 1. The number of benzene rings is 2. The number of aromatic hydroxyl groups is 1. The van der Waals surface area contributed by atoms with Crippen LogP contribution >= 0.6 is 0 Å². The number of anilines is 1.